The molecule has 0 aliphatic carbocycles. The summed E-state index contributed by atoms with van der Waals surface area (Å²) < 4.78 is 0. The van der Waals surface area contributed by atoms with Crippen molar-refractivity contribution >= 4 is 5.69 Å². The van der Waals surface area contributed by atoms with E-state index in [9.17, 15) is 0 Å². The Kier molecular flexibility index (Phi) is 12.9. The molecule has 0 aliphatic rings. The van der Waals surface area contributed by atoms with E-state index in [-0.39, 0.29) is 18.9 Å². The summed E-state index contributed by atoms with van der Waals surface area (Å²) in [7, 11) is 4.05. The third kappa shape index (κ3) is 6.48. The van der Waals surface area contributed by atoms with Crippen molar-refractivity contribution in [3.05, 3.63) is 30.3 Å². The molecular formula is C8H11ILiNZn+2. The van der Waals surface area contributed by atoms with Gasteiger partial charge in [0.25, 0.3) is 0 Å². The maximum atomic E-state index is 2.96. The molecule has 0 aliphatic heterocycles. The fraction of sp³-hybridized carbons (Fsp3) is 0.250. The van der Waals surface area contributed by atoms with Gasteiger partial charge in [-0.1, -0.05) is 5.69 Å². The fourth-order valence-corrected chi connectivity index (χ4v) is 0.676. The van der Waals surface area contributed by atoms with Crippen molar-refractivity contribution in [1.82, 2.24) is 0 Å². The van der Waals surface area contributed by atoms with E-state index in [1.165, 1.54) is 20.5 Å². The van der Waals surface area contributed by atoms with Crippen LogP contribution < -0.4 is 43.5 Å². The molecule has 0 N–H and O–H groups in total. The van der Waals surface area contributed by atoms with Crippen molar-refractivity contribution in [2.45, 2.75) is 0 Å². The van der Waals surface area contributed by atoms with Crippen molar-refractivity contribution in [2.75, 3.05) is 19.0 Å². The molecule has 0 radical (unpaired) electrons. The van der Waals surface area contributed by atoms with E-state index in [0.29, 0.717) is 0 Å². The zero-order valence-corrected chi connectivity index (χ0v) is 13.2. The molecule has 1 aromatic rings. The van der Waals surface area contributed by atoms with Gasteiger partial charge < -0.3 is 4.90 Å². The summed E-state index contributed by atoms with van der Waals surface area (Å²) >= 11 is 3.46. The van der Waals surface area contributed by atoms with Crippen LogP contribution in [0.1, 0.15) is 0 Å². The van der Waals surface area contributed by atoms with E-state index < -0.39 is 0 Å². The molecular weight excluding hydrogens is 309 g/mol. The first-order valence-corrected chi connectivity index (χ1v) is 13.0. The summed E-state index contributed by atoms with van der Waals surface area (Å²) in [5.41, 5.74) is 1.22. The van der Waals surface area contributed by atoms with Crippen LogP contribution in [-0.2, 0) is 14.8 Å². The van der Waals surface area contributed by atoms with Gasteiger partial charge in [0.1, 0.15) is 0 Å². The quantitative estimate of drug-likeness (QED) is 0.286. The summed E-state index contributed by atoms with van der Waals surface area (Å²) in [6.07, 6.45) is 0. The van der Waals surface area contributed by atoms with Gasteiger partial charge in [-0.3, -0.25) is 0 Å². The molecule has 0 bridgehead atoms. The molecule has 0 saturated carbocycles. The first-order valence-electron chi connectivity index (χ1n) is 3.23. The van der Waals surface area contributed by atoms with E-state index in [2.05, 4.69) is 30.7 Å². The van der Waals surface area contributed by atoms with Crippen molar-refractivity contribution in [2.24, 2.45) is 0 Å². The van der Waals surface area contributed by atoms with Crippen molar-refractivity contribution in [1.29, 1.82) is 0 Å². The Hall–Kier alpha value is 0.971. The van der Waals surface area contributed by atoms with Crippen molar-refractivity contribution < 1.29 is 53.4 Å². The number of hydrogen-bond donors (Lipinski definition) is 0. The van der Waals surface area contributed by atoms with Crippen LogP contribution in [-0.4, -0.2) is 14.1 Å². The zero-order chi connectivity index (χ0) is 8.69. The number of anilines is 1. The number of nitrogens with zero attached hydrogens (tertiary/aromatic N) is 1. The van der Waals surface area contributed by atoms with Crippen molar-refractivity contribution in [3.8, 4) is 0 Å². The predicted molar refractivity (Wildman–Crippen MR) is 41.0 cm³/mol. The Morgan fingerprint density at radius 2 is 1.67 bits per heavy atom. The Labute approximate surface area is 107 Å². The predicted octanol–water partition coefficient (Wildman–Crippen LogP) is -4.71. The maximum absolute atomic E-state index is 2.96. The fourth-order valence-electron chi connectivity index (χ4n) is 0.676. The second-order valence-corrected chi connectivity index (χ2v) is 2.15. The molecule has 56 valence electrons. The molecule has 1 rings (SSSR count). The Morgan fingerprint density at radius 3 is 1.92 bits per heavy atom. The minimum atomic E-state index is 0. The molecule has 1 nitrogen and oxygen atoms in total. The zero-order valence-electron chi connectivity index (χ0n) is 7.87. The molecule has 0 heterocycles. The molecule has 0 amide bonds. The summed E-state index contributed by atoms with van der Waals surface area (Å²) in [4.78, 5) is 2.06. The van der Waals surface area contributed by atoms with Gasteiger partial charge in [-0.05, 0) is 0 Å². The number of hydrogen-bond acceptors (Lipinski definition) is 1. The molecule has 0 unspecified atom stereocenters. The van der Waals surface area contributed by atoms with E-state index in [0.717, 1.165) is 0 Å². The van der Waals surface area contributed by atoms with Gasteiger partial charge in [0.15, 0.2) is 0 Å². The Bertz CT molecular complexity index is 182. The molecule has 4 heteroatoms. The molecule has 1 aromatic carbocycles. The first-order chi connectivity index (χ1) is 5.30. The normalized spacial score (nSPS) is 7.42. The van der Waals surface area contributed by atoms with E-state index in [4.69, 9.17) is 0 Å². The van der Waals surface area contributed by atoms with Crippen LogP contribution in [0.2, 0.25) is 0 Å². The van der Waals surface area contributed by atoms with E-state index in [1.807, 2.05) is 38.4 Å². The van der Waals surface area contributed by atoms with Crippen LogP contribution in [0.5, 0.6) is 0 Å². The van der Waals surface area contributed by atoms with Crippen LogP contribution in [0, 0.1) is 6.07 Å². The SMILES string of the molecule is CN(C)c1cc[c-]cc1.[Li+].[Zn+][IH+]. The van der Waals surface area contributed by atoms with Gasteiger partial charge in [-0.2, -0.15) is 18.2 Å². The van der Waals surface area contributed by atoms with E-state index >= 15 is 0 Å². The van der Waals surface area contributed by atoms with Crippen LogP contribution in [0.25, 0.3) is 0 Å². The van der Waals surface area contributed by atoms with E-state index in [1.54, 1.807) is 0 Å². The summed E-state index contributed by atoms with van der Waals surface area (Å²) in [5.74, 6) is 0. The summed E-state index contributed by atoms with van der Waals surface area (Å²) in [5, 5.41) is 0. The number of rotatable bonds is 1. The molecule has 0 saturated heterocycles. The monoisotopic (exact) mass is 319 g/mol. The van der Waals surface area contributed by atoms with Gasteiger partial charge in [0.2, 0.25) is 0 Å². The second kappa shape index (κ2) is 10.1. The Morgan fingerprint density at radius 1 is 1.25 bits per heavy atom. The summed E-state index contributed by atoms with van der Waals surface area (Å²) in [6.45, 7) is 0. The van der Waals surface area contributed by atoms with Gasteiger partial charge in [0, 0.05) is 14.1 Å². The molecule has 0 aromatic heterocycles. The van der Waals surface area contributed by atoms with Gasteiger partial charge >= 0.3 is 53.4 Å². The molecule has 0 atom stereocenters. The van der Waals surface area contributed by atoms with Gasteiger partial charge in [-0.15, -0.1) is 12.1 Å². The third-order valence-electron chi connectivity index (χ3n) is 1.22. The number of benzene rings is 1. The minimum absolute atomic E-state index is 0. The number of halogens is 1. The van der Waals surface area contributed by atoms with Crippen LogP contribution in [0.15, 0.2) is 24.3 Å². The third-order valence-corrected chi connectivity index (χ3v) is 1.22. The standard InChI is InChI=1S/C8H10N.HI.Li.Zn/c1-9(2)8-6-4-3-5-7-8;;;/h4-7H,1-2H3;1H;;/q-1;;+1;+2. The Balaban J connectivity index is 0. The van der Waals surface area contributed by atoms with Gasteiger partial charge in [0.05, 0.1) is 0 Å². The summed E-state index contributed by atoms with van der Waals surface area (Å²) in [6, 6.07) is 10.8. The van der Waals surface area contributed by atoms with Crippen LogP contribution in [0.4, 0.5) is 5.69 Å². The second-order valence-electron chi connectivity index (χ2n) is 2.15. The van der Waals surface area contributed by atoms with Crippen molar-refractivity contribution in [3.63, 3.8) is 0 Å². The topological polar surface area (TPSA) is 3.24 Å². The average molecular weight is 320 g/mol. The molecule has 0 spiro atoms. The van der Waals surface area contributed by atoms with Gasteiger partial charge in [-0.25, -0.2) is 0 Å². The van der Waals surface area contributed by atoms with Crippen LogP contribution >= 0.6 is 0 Å². The average Bonchev–Trinajstić information content (AvgIpc) is 2.10. The van der Waals surface area contributed by atoms with Crippen LogP contribution in [0.3, 0.4) is 0 Å². The molecule has 12 heavy (non-hydrogen) atoms. The molecule has 0 fully saturated rings. The first kappa shape index (κ1) is 15.4.